The van der Waals surface area contributed by atoms with Gasteiger partial charge in [-0.15, -0.1) is 0 Å². The molecule has 0 fully saturated rings. The maximum atomic E-state index is 12.4. The lowest BCUT2D eigenvalue weighted by Gasteiger charge is -2.06. The van der Waals surface area contributed by atoms with Gasteiger partial charge in [0.15, 0.2) is 0 Å². The van der Waals surface area contributed by atoms with Crippen LogP contribution in [0.4, 0.5) is 0 Å². The molecule has 0 bridgehead atoms. The van der Waals surface area contributed by atoms with Crippen molar-refractivity contribution in [2.24, 2.45) is 0 Å². The lowest BCUT2D eigenvalue weighted by molar-refractivity contribution is 0.709. The van der Waals surface area contributed by atoms with Crippen molar-refractivity contribution in [1.29, 1.82) is 0 Å². The molecule has 5 nitrogen and oxygen atoms in total. The minimum absolute atomic E-state index is 0.214. The third kappa shape index (κ3) is 2.14. The minimum Gasteiger partial charge on any atom is -0.307 e. The number of nitrogens with one attached hydrogen (secondary N) is 1. The van der Waals surface area contributed by atoms with E-state index in [1.807, 2.05) is 19.1 Å². The van der Waals surface area contributed by atoms with Crippen LogP contribution >= 0.6 is 0 Å². The first-order valence-corrected chi connectivity index (χ1v) is 6.27. The summed E-state index contributed by atoms with van der Waals surface area (Å²) in [5.74, 6) is 0. The fourth-order valence-corrected chi connectivity index (χ4v) is 2.18. The molecule has 0 radical (unpaired) electrons. The number of H-pyrrole nitrogens is 1. The van der Waals surface area contributed by atoms with Crippen molar-refractivity contribution >= 4 is 10.9 Å². The quantitative estimate of drug-likeness (QED) is 0.764. The lowest BCUT2D eigenvalue weighted by atomic mass is 10.1. The second-order valence-corrected chi connectivity index (χ2v) is 4.73. The van der Waals surface area contributed by atoms with E-state index in [0.717, 1.165) is 11.1 Å². The molecule has 0 amide bonds. The highest BCUT2D eigenvalue weighted by molar-refractivity contribution is 5.77. The Hall–Kier alpha value is -2.69. The van der Waals surface area contributed by atoms with Gasteiger partial charge < -0.3 is 4.98 Å². The van der Waals surface area contributed by atoms with E-state index in [9.17, 15) is 9.59 Å². The number of nitrogens with zero attached hydrogens (tertiary/aromatic N) is 2. The summed E-state index contributed by atoms with van der Waals surface area (Å²) in [6, 6.07) is 9.01. The van der Waals surface area contributed by atoms with Crippen LogP contribution in [0.25, 0.3) is 10.9 Å². The molecule has 20 heavy (non-hydrogen) atoms. The summed E-state index contributed by atoms with van der Waals surface area (Å²) in [5, 5.41) is 0.522. The summed E-state index contributed by atoms with van der Waals surface area (Å²) in [4.78, 5) is 31.2. The van der Waals surface area contributed by atoms with Gasteiger partial charge in [-0.25, -0.2) is 4.79 Å². The van der Waals surface area contributed by atoms with Crippen LogP contribution in [0.2, 0.25) is 0 Å². The Bertz CT molecular complexity index is 879. The number of aryl methyl sites for hydroxylation is 1. The van der Waals surface area contributed by atoms with Gasteiger partial charge in [-0.3, -0.25) is 14.3 Å². The maximum absolute atomic E-state index is 12.4. The minimum atomic E-state index is -0.407. The molecule has 0 saturated carbocycles. The monoisotopic (exact) mass is 267 g/mol. The van der Waals surface area contributed by atoms with E-state index in [4.69, 9.17) is 0 Å². The Morgan fingerprint density at radius 1 is 1.25 bits per heavy atom. The van der Waals surface area contributed by atoms with Crippen molar-refractivity contribution in [1.82, 2.24) is 14.5 Å². The Balaban J connectivity index is 2.21. The van der Waals surface area contributed by atoms with E-state index in [2.05, 4.69) is 9.97 Å². The largest absolute Gasteiger partial charge is 0.329 e. The highest BCUT2D eigenvalue weighted by Crippen LogP contribution is 2.08. The van der Waals surface area contributed by atoms with Gasteiger partial charge in [0.1, 0.15) is 0 Å². The number of hydrogen-bond donors (Lipinski definition) is 1. The number of benzene rings is 1. The van der Waals surface area contributed by atoms with Gasteiger partial charge in [-0.2, -0.15) is 0 Å². The predicted octanol–water partition coefficient (Wildman–Crippen LogP) is 1.44. The maximum Gasteiger partial charge on any atom is 0.329 e. The van der Waals surface area contributed by atoms with Gasteiger partial charge in [0.25, 0.3) is 5.56 Å². The smallest absolute Gasteiger partial charge is 0.307 e. The summed E-state index contributed by atoms with van der Waals surface area (Å²) in [7, 11) is 0. The van der Waals surface area contributed by atoms with Crippen LogP contribution in [-0.2, 0) is 6.54 Å². The molecule has 0 aliphatic rings. The van der Waals surface area contributed by atoms with Gasteiger partial charge in [-0.1, -0.05) is 17.7 Å². The van der Waals surface area contributed by atoms with Crippen molar-refractivity contribution in [2.45, 2.75) is 13.5 Å². The molecule has 2 heterocycles. The molecule has 100 valence electrons. The van der Waals surface area contributed by atoms with Crippen LogP contribution in [0.15, 0.2) is 52.3 Å². The molecule has 1 aromatic carbocycles. The summed E-state index contributed by atoms with van der Waals surface area (Å²) in [5.41, 5.74) is 1.67. The number of hydrogen-bond acceptors (Lipinski definition) is 3. The van der Waals surface area contributed by atoms with E-state index in [1.54, 1.807) is 30.6 Å². The Kier molecular flexibility index (Phi) is 2.95. The summed E-state index contributed by atoms with van der Waals surface area (Å²) in [6.45, 7) is 2.13. The third-order valence-electron chi connectivity index (χ3n) is 3.20. The SMILES string of the molecule is Cc1ccc2[nH]c(=O)n(Cc3cccnc3)c(=O)c2c1. The van der Waals surface area contributed by atoms with Crippen molar-refractivity contribution in [3.63, 3.8) is 0 Å². The van der Waals surface area contributed by atoms with Crippen LogP contribution in [-0.4, -0.2) is 14.5 Å². The van der Waals surface area contributed by atoms with Crippen LogP contribution in [0, 0.1) is 6.92 Å². The topological polar surface area (TPSA) is 67.8 Å². The fraction of sp³-hybridized carbons (Fsp3) is 0.133. The van der Waals surface area contributed by atoms with Crippen LogP contribution in [0.1, 0.15) is 11.1 Å². The summed E-state index contributed by atoms with van der Waals surface area (Å²) >= 11 is 0. The zero-order chi connectivity index (χ0) is 14.1. The van der Waals surface area contributed by atoms with Crippen LogP contribution in [0.3, 0.4) is 0 Å². The summed E-state index contributed by atoms with van der Waals surface area (Å²) in [6.07, 6.45) is 3.30. The molecule has 0 aliphatic heterocycles. The van der Waals surface area contributed by atoms with E-state index in [-0.39, 0.29) is 12.1 Å². The van der Waals surface area contributed by atoms with E-state index >= 15 is 0 Å². The molecule has 3 rings (SSSR count). The first-order chi connectivity index (χ1) is 9.65. The molecule has 0 unspecified atom stereocenters. The Labute approximate surface area is 114 Å². The van der Waals surface area contributed by atoms with Gasteiger partial charge >= 0.3 is 5.69 Å². The first-order valence-electron chi connectivity index (χ1n) is 6.27. The number of aromatic nitrogens is 3. The van der Waals surface area contributed by atoms with Crippen molar-refractivity contribution in [3.8, 4) is 0 Å². The van der Waals surface area contributed by atoms with E-state index in [0.29, 0.717) is 10.9 Å². The van der Waals surface area contributed by atoms with Gasteiger partial charge in [0, 0.05) is 12.4 Å². The molecule has 0 aliphatic carbocycles. The first kappa shape index (κ1) is 12.3. The standard InChI is InChI=1S/C15H13N3O2/c1-10-4-5-13-12(7-10)14(19)18(15(20)17-13)9-11-3-2-6-16-8-11/h2-8H,9H2,1H3,(H,17,20). The molecule has 1 N–H and O–H groups in total. The molecule has 5 heteroatoms. The van der Waals surface area contributed by atoms with Gasteiger partial charge in [0.2, 0.25) is 0 Å². The average molecular weight is 267 g/mol. The normalized spacial score (nSPS) is 10.8. The Morgan fingerprint density at radius 2 is 2.10 bits per heavy atom. The molecule has 0 spiro atoms. The van der Waals surface area contributed by atoms with E-state index < -0.39 is 5.69 Å². The second kappa shape index (κ2) is 4.77. The predicted molar refractivity (Wildman–Crippen MR) is 76.9 cm³/mol. The molecular weight excluding hydrogens is 254 g/mol. The lowest BCUT2D eigenvalue weighted by Crippen LogP contribution is -2.35. The number of aromatic amines is 1. The fourth-order valence-electron chi connectivity index (χ4n) is 2.18. The zero-order valence-corrected chi connectivity index (χ0v) is 11.0. The molecule has 0 saturated heterocycles. The molecule has 2 aromatic heterocycles. The van der Waals surface area contributed by atoms with Crippen LogP contribution < -0.4 is 11.2 Å². The van der Waals surface area contributed by atoms with Crippen molar-refractivity contribution in [3.05, 3.63) is 74.7 Å². The third-order valence-corrected chi connectivity index (χ3v) is 3.20. The van der Waals surface area contributed by atoms with Gasteiger partial charge in [-0.05, 0) is 30.7 Å². The highest BCUT2D eigenvalue weighted by atomic mass is 16.2. The number of rotatable bonds is 2. The molecular formula is C15H13N3O2. The average Bonchev–Trinajstić information content (AvgIpc) is 2.46. The van der Waals surface area contributed by atoms with Crippen molar-refractivity contribution in [2.75, 3.05) is 0 Å². The Morgan fingerprint density at radius 3 is 2.85 bits per heavy atom. The van der Waals surface area contributed by atoms with E-state index in [1.165, 1.54) is 4.57 Å². The highest BCUT2D eigenvalue weighted by Gasteiger charge is 2.08. The zero-order valence-electron chi connectivity index (χ0n) is 11.0. The molecule has 0 atom stereocenters. The number of fused-ring (bicyclic) bond motifs is 1. The number of pyridine rings is 1. The second-order valence-electron chi connectivity index (χ2n) is 4.73. The summed E-state index contributed by atoms with van der Waals surface area (Å²) < 4.78 is 1.19. The van der Waals surface area contributed by atoms with Crippen molar-refractivity contribution < 1.29 is 0 Å². The van der Waals surface area contributed by atoms with Gasteiger partial charge in [0.05, 0.1) is 17.4 Å². The van der Waals surface area contributed by atoms with Crippen LogP contribution in [0.5, 0.6) is 0 Å². The molecule has 3 aromatic rings.